The number of hydrogen-bond acceptors (Lipinski definition) is 3. The van der Waals surface area contributed by atoms with E-state index in [0.29, 0.717) is 24.7 Å². The van der Waals surface area contributed by atoms with Gasteiger partial charge in [-0.05, 0) is 18.1 Å². The van der Waals surface area contributed by atoms with Crippen LogP contribution in [0.3, 0.4) is 0 Å². The van der Waals surface area contributed by atoms with Crippen molar-refractivity contribution >= 4 is 22.6 Å². The second-order valence-corrected chi connectivity index (χ2v) is 5.48. The van der Waals surface area contributed by atoms with Gasteiger partial charge in [0.1, 0.15) is 5.82 Å². The summed E-state index contributed by atoms with van der Waals surface area (Å²) in [6.45, 7) is 3.54. The molecule has 4 nitrogen and oxygen atoms in total. The molecule has 2 heterocycles. The average molecular weight is 269 g/mol. The van der Waals surface area contributed by atoms with Gasteiger partial charge in [0.25, 0.3) is 0 Å². The van der Waals surface area contributed by atoms with Gasteiger partial charge >= 0.3 is 0 Å². The molecule has 1 amide bonds. The molecule has 2 aromatic rings. The van der Waals surface area contributed by atoms with Crippen LogP contribution in [0.4, 0.5) is 5.82 Å². The van der Waals surface area contributed by atoms with Crippen molar-refractivity contribution in [2.24, 2.45) is 5.92 Å². The monoisotopic (exact) mass is 269 g/mol. The van der Waals surface area contributed by atoms with Gasteiger partial charge in [0.15, 0.2) is 0 Å². The molecule has 1 aromatic carbocycles. The number of para-hydroxylation sites is 1. The summed E-state index contributed by atoms with van der Waals surface area (Å²) >= 11 is 0. The van der Waals surface area contributed by atoms with Crippen molar-refractivity contribution in [3.8, 4) is 0 Å². The Hall–Kier alpha value is -2.10. The summed E-state index contributed by atoms with van der Waals surface area (Å²) < 4.78 is 0. The van der Waals surface area contributed by atoms with Gasteiger partial charge in [-0.15, -0.1) is 0 Å². The molecule has 0 saturated carbocycles. The van der Waals surface area contributed by atoms with E-state index in [2.05, 4.69) is 11.9 Å². The number of nitrogens with two attached hydrogens (primary N) is 1. The van der Waals surface area contributed by atoms with Crippen molar-refractivity contribution in [2.75, 3.05) is 12.3 Å². The minimum absolute atomic E-state index is 0.226. The van der Waals surface area contributed by atoms with E-state index in [1.54, 1.807) is 0 Å². The molecule has 3 rings (SSSR count). The fourth-order valence-corrected chi connectivity index (χ4v) is 2.79. The number of nitrogens with zero attached hydrogens (tertiary/aromatic N) is 2. The lowest BCUT2D eigenvalue weighted by atomic mass is 10.1. The highest BCUT2D eigenvalue weighted by Crippen LogP contribution is 2.25. The normalized spacial score (nSPS) is 18.9. The van der Waals surface area contributed by atoms with E-state index in [1.165, 1.54) is 0 Å². The van der Waals surface area contributed by atoms with Crippen LogP contribution in [0.15, 0.2) is 30.3 Å². The fourth-order valence-electron chi connectivity index (χ4n) is 2.79. The minimum atomic E-state index is 0.226. The van der Waals surface area contributed by atoms with E-state index in [-0.39, 0.29) is 5.91 Å². The van der Waals surface area contributed by atoms with Crippen molar-refractivity contribution in [3.05, 3.63) is 35.9 Å². The van der Waals surface area contributed by atoms with Gasteiger partial charge in [0, 0.05) is 30.5 Å². The summed E-state index contributed by atoms with van der Waals surface area (Å²) in [6.07, 6.45) is 1.71. The number of pyridine rings is 1. The Balaban J connectivity index is 1.87. The standard InChI is InChI=1S/C16H19N3O/c1-2-11-7-15(20)19(9-11)10-13-8-12-5-3-4-6-14(12)18-16(13)17/h3-6,8,11H,2,7,9-10H2,1H3,(H2,17,18). The molecular weight excluding hydrogens is 250 g/mol. The topological polar surface area (TPSA) is 59.2 Å². The van der Waals surface area contributed by atoms with Crippen LogP contribution >= 0.6 is 0 Å². The lowest BCUT2D eigenvalue weighted by Gasteiger charge is -2.17. The summed E-state index contributed by atoms with van der Waals surface area (Å²) in [6, 6.07) is 9.95. The van der Waals surface area contributed by atoms with E-state index in [4.69, 9.17) is 5.73 Å². The van der Waals surface area contributed by atoms with Gasteiger partial charge in [0.2, 0.25) is 5.91 Å². The average Bonchev–Trinajstić information content (AvgIpc) is 2.80. The third-order valence-corrected chi connectivity index (χ3v) is 4.07. The van der Waals surface area contributed by atoms with Crippen LogP contribution in [0.1, 0.15) is 25.3 Å². The highest BCUT2D eigenvalue weighted by Gasteiger charge is 2.28. The molecule has 104 valence electrons. The predicted molar refractivity (Wildman–Crippen MR) is 80.0 cm³/mol. The molecular formula is C16H19N3O. The first-order chi connectivity index (χ1) is 9.67. The Kier molecular flexibility index (Phi) is 3.30. The largest absolute Gasteiger partial charge is 0.383 e. The maximum atomic E-state index is 12.0. The third kappa shape index (κ3) is 2.33. The molecule has 0 aliphatic carbocycles. The molecule has 1 aromatic heterocycles. The first-order valence-corrected chi connectivity index (χ1v) is 7.09. The van der Waals surface area contributed by atoms with Crippen molar-refractivity contribution < 1.29 is 4.79 Å². The smallest absolute Gasteiger partial charge is 0.223 e. The number of rotatable bonds is 3. The van der Waals surface area contributed by atoms with Gasteiger partial charge in [-0.3, -0.25) is 4.79 Å². The lowest BCUT2D eigenvalue weighted by molar-refractivity contribution is -0.128. The molecule has 4 heteroatoms. The molecule has 20 heavy (non-hydrogen) atoms. The molecule has 1 fully saturated rings. The van der Waals surface area contributed by atoms with Gasteiger partial charge in [-0.25, -0.2) is 4.98 Å². The fraction of sp³-hybridized carbons (Fsp3) is 0.375. The summed E-state index contributed by atoms with van der Waals surface area (Å²) in [7, 11) is 0. The van der Waals surface area contributed by atoms with Gasteiger partial charge < -0.3 is 10.6 Å². The SMILES string of the molecule is CCC1CC(=O)N(Cc2cc3ccccc3nc2N)C1. The first kappa shape index (κ1) is 12.9. The van der Waals surface area contributed by atoms with Crippen LogP contribution in [0, 0.1) is 5.92 Å². The van der Waals surface area contributed by atoms with Crippen LogP contribution in [-0.2, 0) is 11.3 Å². The number of amides is 1. The molecule has 1 atom stereocenters. The number of carbonyl (C=O) groups is 1. The van der Waals surface area contributed by atoms with Gasteiger partial charge in [-0.2, -0.15) is 0 Å². The molecule has 1 unspecified atom stereocenters. The minimum Gasteiger partial charge on any atom is -0.383 e. The second kappa shape index (κ2) is 5.12. The zero-order valence-corrected chi connectivity index (χ0v) is 11.7. The van der Waals surface area contributed by atoms with Crippen LogP contribution in [0.5, 0.6) is 0 Å². The zero-order valence-electron chi connectivity index (χ0n) is 11.7. The summed E-state index contributed by atoms with van der Waals surface area (Å²) in [5, 5.41) is 1.07. The number of aromatic nitrogens is 1. The number of hydrogen-bond donors (Lipinski definition) is 1. The number of nitrogen functional groups attached to an aromatic ring is 1. The highest BCUT2D eigenvalue weighted by molar-refractivity contribution is 5.82. The van der Waals surface area contributed by atoms with Crippen LogP contribution in [0.25, 0.3) is 10.9 Å². The first-order valence-electron chi connectivity index (χ1n) is 7.09. The van der Waals surface area contributed by atoms with Crippen molar-refractivity contribution in [3.63, 3.8) is 0 Å². The Bertz CT molecular complexity index is 653. The van der Waals surface area contributed by atoms with E-state index in [1.807, 2.05) is 35.2 Å². The molecule has 2 N–H and O–H groups in total. The Morgan fingerprint density at radius 2 is 2.20 bits per heavy atom. The summed E-state index contributed by atoms with van der Waals surface area (Å²) in [4.78, 5) is 18.3. The zero-order chi connectivity index (χ0) is 14.1. The summed E-state index contributed by atoms with van der Waals surface area (Å²) in [5.74, 6) is 1.23. The van der Waals surface area contributed by atoms with Crippen molar-refractivity contribution in [2.45, 2.75) is 26.3 Å². The van der Waals surface area contributed by atoms with Gasteiger partial charge in [-0.1, -0.05) is 31.5 Å². The highest BCUT2D eigenvalue weighted by atomic mass is 16.2. The van der Waals surface area contributed by atoms with E-state index >= 15 is 0 Å². The molecule has 0 spiro atoms. The second-order valence-electron chi connectivity index (χ2n) is 5.48. The van der Waals surface area contributed by atoms with Crippen LogP contribution in [-0.4, -0.2) is 22.3 Å². The quantitative estimate of drug-likeness (QED) is 0.931. The maximum Gasteiger partial charge on any atom is 0.223 e. The van der Waals surface area contributed by atoms with Crippen molar-refractivity contribution in [1.29, 1.82) is 0 Å². The number of anilines is 1. The lowest BCUT2D eigenvalue weighted by Crippen LogP contribution is -2.25. The molecule has 0 bridgehead atoms. The Morgan fingerprint density at radius 1 is 1.40 bits per heavy atom. The van der Waals surface area contributed by atoms with E-state index in [9.17, 15) is 4.79 Å². The number of fused-ring (bicyclic) bond motifs is 1. The molecule has 1 aliphatic heterocycles. The Morgan fingerprint density at radius 3 is 2.95 bits per heavy atom. The van der Waals surface area contributed by atoms with Crippen LogP contribution in [0.2, 0.25) is 0 Å². The molecule has 1 saturated heterocycles. The number of carbonyl (C=O) groups excluding carboxylic acids is 1. The van der Waals surface area contributed by atoms with Crippen molar-refractivity contribution in [1.82, 2.24) is 9.88 Å². The third-order valence-electron chi connectivity index (χ3n) is 4.07. The van der Waals surface area contributed by atoms with E-state index < -0.39 is 0 Å². The van der Waals surface area contributed by atoms with Crippen LogP contribution < -0.4 is 5.73 Å². The molecule has 0 radical (unpaired) electrons. The Labute approximate surface area is 118 Å². The van der Waals surface area contributed by atoms with E-state index in [0.717, 1.165) is 29.4 Å². The maximum absolute atomic E-state index is 12.0. The number of benzene rings is 1. The summed E-state index contributed by atoms with van der Waals surface area (Å²) in [5.41, 5.74) is 7.86. The number of likely N-dealkylation sites (tertiary alicyclic amines) is 1. The predicted octanol–water partition coefficient (Wildman–Crippen LogP) is 2.58. The molecule has 1 aliphatic rings. The van der Waals surface area contributed by atoms with Gasteiger partial charge in [0.05, 0.1) is 5.52 Å².